The van der Waals surface area contributed by atoms with Crippen molar-refractivity contribution in [2.24, 2.45) is 0 Å². The van der Waals surface area contributed by atoms with Gasteiger partial charge in [0.2, 0.25) is 15.9 Å². The second-order valence-corrected chi connectivity index (χ2v) is 6.37. The van der Waals surface area contributed by atoms with Crippen LogP contribution in [0.15, 0.2) is 23.1 Å². The molecule has 1 aliphatic rings. The highest BCUT2D eigenvalue weighted by Gasteiger charge is 2.38. The lowest BCUT2D eigenvalue weighted by atomic mass is 10.2. The number of carbonyl (C=O) groups is 1. The maximum absolute atomic E-state index is 13.3. The maximum atomic E-state index is 13.3. The van der Waals surface area contributed by atoms with Crippen molar-refractivity contribution >= 4 is 21.6 Å². The van der Waals surface area contributed by atoms with Crippen LogP contribution in [-0.4, -0.2) is 37.8 Å². The molecule has 0 saturated carbocycles. The van der Waals surface area contributed by atoms with E-state index in [2.05, 4.69) is 5.32 Å². The summed E-state index contributed by atoms with van der Waals surface area (Å²) in [5, 5.41) is 2.61. The van der Waals surface area contributed by atoms with Crippen molar-refractivity contribution in [3.05, 3.63) is 24.0 Å². The summed E-state index contributed by atoms with van der Waals surface area (Å²) in [5.41, 5.74) is 5.60. The molecule has 1 atom stereocenters. The van der Waals surface area contributed by atoms with Gasteiger partial charge in [0.1, 0.15) is 16.8 Å². The molecular formula is C12H16FN3O3S. The number of benzene rings is 1. The third-order valence-corrected chi connectivity index (χ3v) is 5.19. The van der Waals surface area contributed by atoms with Gasteiger partial charge in [0.15, 0.2) is 0 Å². The van der Waals surface area contributed by atoms with Crippen molar-refractivity contribution < 1.29 is 17.6 Å². The highest BCUT2D eigenvalue weighted by Crippen LogP contribution is 2.26. The Morgan fingerprint density at radius 2 is 2.20 bits per heavy atom. The average molecular weight is 301 g/mol. The summed E-state index contributed by atoms with van der Waals surface area (Å²) >= 11 is 0. The number of rotatable bonds is 3. The lowest BCUT2D eigenvalue weighted by Gasteiger charge is -2.33. The van der Waals surface area contributed by atoms with E-state index < -0.39 is 21.9 Å². The molecule has 0 aromatic heterocycles. The minimum atomic E-state index is -4.00. The quantitative estimate of drug-likeness (QED) is 0.786. The zero-order chi connectivity index (χ0) is 14.9. The van der Waals surface area contributed by atoms with Crippen molar-refractivity contribution in [1.82, 2.24) is 9.62 Å². The third-order valence-electron chi connectivity index (χ3n) is 3.23. The Balaban J connectivity index is 2.48. The number of nitrogens with two attached hydrogens (primary N) is 1. The predicted molar refractivity (Wildman–Crippen MR) is 71.8 cm³/mol. The first-order valence-corrected chi connectivity index (χ1v) is 7.66. The Kier molecular flexibility index (Phi) is 3.96. The van der Waals surface area contributed by atoms with E-state index in [9.17, 15) is 17.6 Å². The predicted octanol–water partition coefficient (Wildman–Crippen LogP) is 0.307. The van der Waals surface area contributed by atoms with Gasteiger partial charge in [-0.1, -0.05) is 6.92 Å². The number of sulfonamides is 1. The molecule has 1 heterocycles. The number of nitrogens with zero attached hydrogens (tertiary/aromatic N) is 1. The molecule has 2 rings (SSSR count). The zero-order valence-corrected chi connectivity index (χ0v) is 11.8. The van der Waals surface area contributed by atoms with Crippen molar-refractivity contribution in [3.8, 4) is 0 Å². The minimum absolute atomic E-state index is 0.0350. The van der Waals surface area contributed by atoms with Crippen LogP contribution in [0.1, 0.15) is 13.3 Å². The first-order chi connectivity index (χ1) is 9.37. The molecule has 1 aliphatic heterocycles. The number of nitrogen functional groups attached to an aromatic ring is 1. The molecule has 8 heteroatoms. The van der Waals surface area contributed by atoms with Crippen LogP contribution in [-0.2, 0) is 14.8 Å². The van der Waals surface area contributed by atoms with E-state index in [4.69, 9.17) is 5.73 Å². The average Bonchev–Trinajstić information content (AvgIpc) is 2.41. The van der Waals surface area contributed by atoms with E-state index in [1.54, 1.807) is 6.92 Å². The van der Waals surface area contributed by atoms with Crippen LogP contribution >= 0.6 is 0 Å². The van der Waals surface area contributed by atoms with Crippen LogP contribution in [0, 0.1) is 5.82 Å². The fraction of sp³-hybridized carbons (Fsp3) is 0.417. The van der Waals surface area contributed by atoms with Gasteiger partial charge in [-0.2, -0.15) is 4.31 Å². The molecule has 0 spiro atoms. The molecule has 1 aromatic carbocycles. The van der Waals surface area contributed by atoms with Crippen LogP contribution < -0.4 is 11.1 Å². The lowest BCUT2D eigenvalue weighted by molar-refractivity contribution is -0.126. The van der Waals surface area contributed by atoms with Gasteiger partial charge in [-0.3, -0.25) is 4.79 Å². The molecule has 1 saturated heterocycles. The highest BCUT2D eigenvalue weighted by molar-refractivity contribution is 7.89. The summed E-state index contributed by atoms with van der Waals surface area (Å²) in [7, 11) is -4.00. The summed E-state index contributed by atoms with van der Waals surface area (Å²) in [6.45, 7) is 2.08. The molecule has 110 valence electrons. The molecule has 3 N–H and O–H groups in total. The fourth-order valence-electron chi connectivity index (χ4n) is 2.23. The standard InChI is InChI=1S/C12H16FN3O3S/c1-2-10-12(17)15-5-6-16(10)20(18,19)11-7-8(13)3-4-9(11)14/h3-4,7,10H,2,5-6,14H2,1H3,(H,15,17). The first-order valence-electron chi connectivity index (χ1n) is 6.22. The van der Waals surface area contributed by atoms with Gasteiger partial charge in [-0.05, 0) is 24.6 Å². The van der Waals surface area contributed by atoms with Gasteiger partial charge in [0, 0.05) is 13.1 Å². The summed E-state index contributed by atoms with van der Waals surface area (Å²) in [4.78, 5) is 11.4. The van der Waals surface area contributed by atoms with Crippen molar-refractivity contribution in [2.45, 2.75) is 24.3 Å². The van der Waals surface area contributed by atoms with E-state index in [-0.39, 0.29) is 29.6 Å². The van der Waals surface area contributed by atoms with Gasteiger partial charge >= 0.3 is 0 Å². The molecule has 1 amide bonds. The fourth-order valence-corrected chi connectivity index (χ4v) is 4.02. The second-order valence-electron chi connectivity index (χ2n) is 4.51. The van der Waals surface area contributed by atoms with E-state index in [0.29, 0.717) is 6.42 Å². The van der Waals surface area contributed by atoms with Gasteiger partial charge in [-0.15, -0.1) is 0 Å². The number of piperazine rings is 1. The van der Waals surface area contributed by atoms with Gasteiger partial charge < -0.3 is 11.1 Å². The number of nitrogens with one attached hydrogen (secondary N) is 1. The third kappa shape index (κ3) is 2.48. The van der Waals surface area contributed by atoms with Crippen molar-refractivity contribution in [2.75, 3.05) is 18.8 Å². The van der Waals surface area contributed by atoms with Crippen LogP contribution in [0.25, 0.3) is 0 Å². The normalized spacial score (nSPS) is 20.7. The van der Waals surface area contributed by atoms with Crippen LogP contribution in [0.5, 0.6) is 0 Å². The molecule has 0 bridgehead atoms. The van der Waals surface area contributed by atoms with Gasteiger partial charge in [0.25, 0.3) is 0 Å². The smallest absolute Gasteiger partial charge is 0.246 e. The van der Waals surface area contributed by atoms with E-state index in [1.807, 2.05) is 0 Å². The first kappa shape index (κ1) is 14.7. The van der Waals surface area contributed by atoms with Crippen LogP contribution in [0.3, 0.4) is 0 Å². The number of amides is 1. The largest absolute Gasteiger partial charge is 0.398 e. The Morgan fingerprint density at radius 3 is 2.85 bits per heavy atom. The Labute approximate surface area is 116 Å². The Bertz CT molecular complexity index is 633. The second kappa shape index (κ2) is 5.37. The zero-order valence-electron chi connectivity index (χ0n) is 11.0. The lowest BCUT2D eigenvalue weighted by Crippen LogP contribution is -2.56. The topological polar surface area (TPSA) is 92.5 Å². The summed E-state index contributed by atoms with van der Waals surface area (Å²) < 4.78 is 39.5. The van der Waals surface area contributed by atoms with Gasteiger partial charge in [0.05, 0.1) is 5.69 Å². The maximum Gasteiger partial charge on any atom is 0.246 e. The van der Waals surface area contributed by atoms with Crippen molar-refractivity contribution in [3.63, 3.8) is 0 Å². The monoisotopic (exact) mass is 301 g/mol. The van der Waals surface area contributed by atoms with E-state index in [0.717, 1.165) is 16.4 Å². The molecule has 1 unspecified atom stereocenters. The molecule has 0 aliphatic carbocycles. The minimum Gasteiger partial charge on any atom is -0.398 e. The summed E-state index contributed by atoms with van der Waals surface area (Å²) in [6.07, 6.45) is 0.334. The van der Waals surface area contributed by atoms with Crippen molar-refractivity contribution in [1.29, 1.82) is 0 Å². The molecule has 20 heavy (non-hydrogen) atoms. The number of halogens is 1. The number of carbonyl (C=O) groups excluding carboxylic acids is 1. The SMILES string of the molecule is CCC1C(=O)NCCN1S(=O)(=O)c1cc(F)ccc1N. The Hall–Kier alpha value is -1.67. The molecule has 1 fully saturated rings. The van der Waals surface area contributed by atoms with Gasteiger partial charge in [-0.25, -0.2) is 12.8 Å². The molecule has 1 aromatic rings. The number of hydrogen-bond donors (Lipinski definition) is 2. The number of hydrogen-bond acceptors (Lipinski definition) is 4. The van der Waals surface area contributed by atoms with E-state index in [1.165, 1.54) is 6.07 Å². The molecular weight excluding hydrogens is 285 g/mol. The molecule has 0 radical (unpaired) electrons. The summed E-state index contributed by atoms with van der Waals surface area (Å²) in [6, 6.07) is 2.38. The summed E-state index contributed by atoms with van der Waals surface area (Å²) in [5.74, 6) is -1.04. The highest BCUT2D eigenvalue weighted by atomic mass is 32.2. The van der Waals surface area contributed by atoms with Crippen LogP contribution in [0.2, 0.25) is 0 Å². The van der Waals surface area contributed by atoms with E-state index >= 15 is 0 Å². The number of anilines is 1. The Morgan fingerprint density at radius 1 is 1.50 bits per heavy atom. The molecule has 6 nitrogen and oxygen atoms in total. The van der Waals surface area contributed by atoms with Crippen LogP contribution in [0.4, 0.5) is 10.1 Å².